The summed E-state index contributed by atoms with van der Waals surface area (Å²) in [7, 11) is 1.41. The van der Waals surface area contributed by atoms with Crippen LogP contribution in [0.15, 0.2) is 16.8 Å². The maximum atomic E-state index is 12.3. The molecule has 0 bridgehead atoms. The predicted molar refractivity (Wildman–Crippen MR) is 108 cm³/mol. The van der Waals surface area contributed by atoms with Gasteiger partial charge >= 0.3 is 5.97 Å². The summed E-state index contributed by atoms with van der Waals surface area (Å²) in [5.74, 6) is -0.0387. The molecule has 6 heteroatoms. The number of esters is 1. The highest BCUT2D eigenvalue weighted by molar-refractivity contribution is 7.08. The fourth-order valence-electron chi connectivity index (χ4n) is 4.27. The molecular formula is C21H28N2O3S. The molecule has 5 nitrogen and oxygen atoms in total. The Morgan fingerprint density at radius 3 is 2.63 bits per heavy atom. The van der Waals surface area contributed by atoms with E-state index in [1.54, 1.807) is 11.3 Å². The lowest BCUT2D eigenvalue weighted by molar-refractivity contribution is -0.140. The summed E-state index contributed by atoms with van der Waals surface area (Å²) in [6.07, 6.45) is 7.11. The molecule has 146 valence electrons. The van der Waals surface area contributed by atoms with Crippen molar-refractivity contribution in [2.75, 3.05) is 7.11 Å². The molecule has 1 aliphatic carbocycles. The first-order chi connectivity index (χ1) is 13.0. The summed E-state index contributed by atoms with van der Waals surface area (Å²) in [4.78, 5) is 24.1. The van der Waals surface area contributed by atoms with Crippen molar-refractivity contribution in [2.24, 2.45) is 11.7 Å². The zero-order valence-electron chi connectivity index (χ0n) is 16.1. The van der Waals surface area contributed by atoms with Gasteiger partial charge in [0.15, 0.2) is 0 Å². The Hall–Kier alpha value is -2.08. The zero-order chi connectivity index (χ0) is 19.4. The SMILES string of the molecule is COC(=O)CCc1c(-c2ccsc2)c(C(N)=O)c(C)n1CC1CCCCC1. The van der Waals surface area contributed by atoms with Gasteiger partial charge in [-0.05, 0) is 54.5 Å². The number of amides is 1. The second-order valence-corrected chi connectivity index (χ2v) is 8.13. The summed E-state index contributed by atoms with van der Waals surface area (Å²) in [6.45, 7) is 2.85. The van der Waals surface area contributed by atoms with Gasteiger partial charge in [-0.15, -0.1) is 0 Å². The van der Waals surface area contributed by atoms with Crippen LogP contribution in [0.25, 0.3) is 11.1 Å². The Morgan fingerprint density at radius 1 is 1.30 bits per heavy atom. The largest absolute Gasteiger partial charge is 0.469 e. The number of aromatic nitrogens is 1. The van der Waals surface area contributed by atoms with E-state index in [0.717, 1.165) is 29.1 Å². The average Bonchev–Trinajstić information content (AvgIpc) is 3.28. The molecule has 0 spiro atoms. The molecule has 0 aromatic carbocycles. The summed E-state index contributed by atoms with van der Waals surface area (Å²) < 4.78 is 7.08. The van der Waals surface area contributed by atoms with Gasteiger partial charge in [-0.3, -0.25) is 9.59 Å². The summed E-state index contributed by atoms with van der Waals surface area (Å²) in [5.41, 5.74) is 10.2. The standard InChI is InChI=1S/C21H28N2O3S/c1-14-19(21(22)25)20(16-10-11-27-13-16)17(8-9-18(24)26-2)23(14)12-15-6-4-3-5-7-15/h10-11,13,15H,3-9,12H2,1-2H3,(H2,22,25). The van der Waals surface area contributed by atoms with E-state index in [1.165, 1.54) is 39.2 Å². The summed E-state index contributed by atoms with van der Waals surface area (Å²) in [5, 5.41) is 4.03. The van der Waals surface area contributed by atoms with E-state index < -0.39 is 5.91 Å². The van der Waals surface area contributed by atoms with Crippen LogP contribution in [-0.4, -0.2) is 23.6 Å². The molecule has 2 aromatic rings. The molecule has 1 fully saturated rings. The van der Waals surface area contributed by atoms with Gasteiger partial charge in [0.2, 0.25) is 0 Å². The molecule has 0 unspecified atom stereocenters. The smallest absolute Gasteiger partial charge is 0.305 e. The molecule has 3 rings (SSSR count). The van der Waals surface area contributed by atoms with Crippen molar-refractivity contribution in [3.05, 3.63) is 33.8 Å². The normalized spacial score (nSPS) is 15.0. The van der Waals surface area contributed by atoms with E-state index in [9.17, 15) is 9.59 Å². The minimum absolute atomic E-state index is 0.241. The number of methoxy groups -OCH3 is 1. The maximum Gasteiger partial charge on any atom is 0.305 e. The summed E-state index contributed by atoms with van der Waals surface area (Å²) >= 11 is 1.59. The number of primary amides is 1. The van der Waals surface area contributed by atoms with Crippen molar-refractivity contribution in [1.82, 2.24) is 4.57 Å². The number of thiophene rings is 1. The predicted octanol–water partition coefficient (Wildman–Crippen LogP) is 4.31. The Morgan fingerprint density at radius 2 is 2.04 bits per heavy atom. The number of nitrogens with zero attached hydrogens (tertiary/aromatic N) is 1. The third kappa shape index (κ3) is 4.26. The molecule has 2 N–H and O–H groups in total. The van der Waals surface area contributed by atoms with Crippen LogP contribution >= 0.6 is 11.3 Å². The lowest BCUT2D eigenvalue weighted by Crippen LogP contribution is -2.18. The van der Waals surface area contributed by atoms with Crippen LogP contribution in [0.4, 0.5) is 0 Å². The van der Waals surface area contributed by atoms with E-state index in [4.69, 9.17) is 10.5 Å². The van der Waals surface area contributed by atoms with Gasteiger partial charge in [-0.2, -0.15) is 11.3 Å². The second kappa shape index (κ2) is 8.74. The molecule has 2 aromatic heterocycles. The topological polar surface area (TPSA) is 74.3 Å². The monoisotopic (exact) mass is 388 g/mol. The van der Waals surface area contributed by atoms with E-state index >= 15 is 0 Å². The van der Waals surface area contributed by atoms with Gasteiger partial charge < -0.3 is 15.0 Å². The molecule has 27 heavy (non-hydrogen) atoms. The maximum absolute atomic E-state index is 12.3. The molecule has 0 aliphatic heterocycles. The molecule has 1 amide bonds. The number of rotatable bonds is 7. The number of hydrogen-bond acceptors (Lipinski definition) is 4. The van der Waals surface area contributed by atoms with Crippen LogP contribution in [0.5, 0.6) is 0 Å². The molecule has 0 atom stereocenters. The number of carbonyl (C=O) groups excluding carboxylic acids is 2. The molecule has 2 heterocycles. The quantitative estimate of drug-likeness (QED) is 0.718. The third-order valence-electron chi connectivity index (χ3n) is 5.65. The molecule has 0 radical (unpaired) electrons. The molecule has 1 saturated carbocycles. The van der Waals surface area contributed by atoms with E-state index in [0.29, 0.717) is 24.3 Å². The Balaban J connectivity index is 2.07. The van der Waals surface area contributed by atoms with Gasteiger partial charge in [-0.1, -0.05) is 19.3 Å². The van der Waals surface area contributed by atoms with Crippen molar-refractivity contribution < 1.29 is 14.3 Å². The van der Waals surface area contributed by atoms with Gasteiger partial charge in [0.1, 0.15) is 0 Å². The fraction of sp³-hybridized carbons (Fsp3) is 0.524. The summed E-state index contributed by atoms with van der Waals surface area (Å²) in [6, 6.07) is 2.01. The van der Waals surface area contributed by atoms with Crippen LogP contribution in [0.1, 0.15) is 60.3 Å². The highest BCUT2D eigenvalue weighted by atomic mass is 32.1. The number of nitrogens with two attached hydrogens (primary N) is 1. The van der Waals surface area contributed by atoms with E-state index in [2.05, 4.69) is 4.57 Å². The van der Waals surface area contributed by atoms with Crippen molar-refractivity contribution in [1.29, 1.82) is 0 Å². The Labute approximate surface area is 164 Å². The number of carbonyl (C=O) groups is 2. The molecule has 0 saturated heterocycles. The fourth-order valence-corrected chi connectivity index (χ4v) is 4.92. The first-order valence-electron chi connectivity index (χ1n) is 9.64. The second-order valence-electron chi connectivity index (χ2n) is 7.35. The molecular weight excluding hydrogens is 360 g/mol. The first-order valence-corrected chi connectivity index (χ1v) is 10.6. The lowest BCUT2D eigenvalue weighted by atomic mass is 9.89. The van der Waals surface area contributed by atoms with E-state index in [1.807, 2.05) is 23.8 Å². The van der Waals surface area contributed by atoms with Crippen LogP contribution in [-0.2, 0) is 22.5 Å². The minimum atomic E-state index is -0.407. The van der Waals surface area contributed by atoms with Crippen molar-refractivity contribution in [3.8, 4) is 11.1 Å². The van der Waals surface area contributed by atoms with Crippen molar-refractivity contribution in [3.63, 3.8) is 0 Å². The highest BCUT2D eigenvalue weighted by Gasteiger charge is 2.27. The Bertz CT molecular complexity index is 802. The average molecular weight is 389 g/mol. The van der Waals surface area contributed by atoms with Crippen LogP contribution in [0.2, 0.25) is 0 Å². The van der Waals surface area contributed by atoms with Crippen LogP contribution < -0.4 is 5.73 Å². The first kappa shape index (κ1) is 19.7. The van der Waals surface area contributed by atoms with Crippen molar-refractivity contribution >= 4 is 23.2 Å². The van der Waals surface area contributed by atoms with Crippen molar-refractivity contribution in [2.45, 2.75) is 58.4 Å². The van der Waals surface area contributed by atoms with Gasteiger partial charge in [-0.25, -0.2) is 0 Å². The van der Waals surface area contributed by atoms with Gasteiger partial charge in [0.05, 0.1) is 19.1 Å². The number of hydrogen-bond donors (Lipinski definition) is 1. The van der Waals surface area contributed by atoms with Gasteiger partial charge in [0, 0.05) is 23.5 Å². The lowest BCUT2D eigenvalue weighted by Gasteiger charge is -2.24. The number of ether oxygens (including phenoxy) is 1. The van der Waals surface area contributed by atoms with E-state index in [-0.39, 0.29) is 5.97 Å². The third-order valence-corrected chi connectivity index (χ3v) is 6.33. The van der Waals surface area contributed by atoms with Gasteiger partial charge in [0.25, 0.3) is 5.91 Å². The Kier molecular flexibility index (Phi) is 6.37. The van der Waals surface area contributed by atoms with Crippen LogP contribution in [0, 0.1) is 12.8 Å². The zero-order valence-corrected chi connectivity index (χ0v) is 16.9. The highest BCUT2D eigenvalue weighted by Crippen LogP contribution is 2.36. The minimum Gasteiger partial charge on any atom is -0.469 e. The van der Waals surface area contributed by atoms with Crippen LogP contribution in [0.3, 0.4) is 0 Å². The molecule has 1 aliphatic rings.